The number of nitrogens with zero attached hydrogens (tertiary/aromatic N) is 2. The molecule has 1 aliphatic heterocycles. The van der Waals surface area contributed by atoms with Crippen LogP contribution in [-0.2, 0) is 4.79 Å². The van der Waals surface area contributed by atoms with Crippen LogP contribution in [0.15, 0.2) is 22.6 Å². The number of nitrogens with one attached hydrogen (secondary N) is 1. The normalized spacial score (nSPS) is 19.1. The number of aromatic nitrogens is 1. The second-order valence-corrected chi connectivity index (χ2v) is 7.57. The summed E-state index contributed by atoms with van der Waals surface area (Å²) in [5.74, 6) is 0.0583. The van der Waals surface area contributed by atoms with Crippen LogP contribution in [0, 0.1) is 5.92 Å². The van der Waals surface area contributed by atoms with E-state index in [0.717, 1.165) is 24.9 Å². The number of amides is 1. The van der Waals surface area contributed by atoms with Crippen LogP contribution in [0.1, 0.15) is 33.6 Å². The number of piperidine rings is 1. The fourth-order valence-corrected chi connectivity index (χ4v) is 3.02. The Bertz CT molecular complexity index is 720. The molecule has 0 saturated carbocycles. The largest absolute Gasteiger partial charge is 0.423 e. The van der Waals surface area contributed by atoms with Gasteiger partial charge in [-0.15, -0.1) is 0 Å². The van der Waals surface area contributed by atoms with Crippen LogP contribution in [0.5, 0.6) is 0 Å². The fraction of sp³-hybridized carbons (Fsp3) is 0.529. The van der Waals surface area contributed by atoms with Gasteiger partial charge in [0.05, 0.1) is 5.92 Å². The molecule has 23 heavy (non-hydrogen) atoms. The Morgan fingerprint density at radius 1 is 1.43 bits per heavy atom. The Hall–Kier alpha value is -1.75. The third-order valence-electron chi connectivity index (χ3n) is 3.90. The van der Waals surface area contributed by atoms with Crippen molar-refractivity contribution in [1.29, 1.82) is 0 Å². The van der Waals surface area contributed by atoms with Crippen molar-refractivity contribution in [1.82, 2.24) is 10.3 Å². The summed E-state index contributed by atoms with van der Waals surface area (Å²) in [5, 5.41) is 3.69. The van der Waals surface area contributed by atoms with Crippen LogP contribution >= 0.6 is 11.6 Å². The summed E-state index contributed by atoms with van der Waals surface area (Å²) in [6, 6.07) is 5.97. The maximum atomic E-state index is 12.4. The predicted octanol–water partition coefficient (Wildman–Crippen LogP) is 3.61. The number of anilines is 1. The molecule has 0 bridgehead atoms. The minimum atomic E-state index is -0.215. The van der Waals surface area contributed by atoms with Crippen molar-refractivity contribution >= 4 is 34.6 Å². The summed E-state index contributed by atoms with van der Waals surface area (Å²) in [4.78, 5) is 19.0. The number of carbonyl (C=O) groups is 1. The molecule has 2 aromatic rings. The average molecular weight is 336 g/mol. The molecule has 2 heterocycles. The zero-order chi connectivity index (χ0) is 16.6. The van der Waals surface area contributed by atoms with Gasteiger partial charge in [0.1, 0.15) is 5.52 Å². The SMILES string of the molecule is CC(C)(C)NC(=O)C1CCCN(c2nc3ccc(Cl)cc3o2)C1. The smallest absolute Gasteiger partial charge is 0.298 e. The average Bonchev–Trinajstić information content (AvgIpc) is 2.88. The molecule has 1 atom stereocenters. The van der Waals surface area contributed by atoms with E-state index < -0.39 is 0 Å². The Morgan fingerprint density at radius 2 is 2.22 bits per heavy atom. The molecule has 1 aromatic carbocycles. The van der Waals surface area contributed by atoms with Gasteiger partial charge in [-0.05, 0) is 45.7 Å². The number of carbonyl (C=O) groups excluding carboxylic acids is 1. The Kier molecular flexibility index (Phi) is 4.23. The monoisotopic (exact) mass is 335 g/mol. The molecular weight excluding hydrogens is 314 g/mol. The molecule has 0 aliphatic carbocycles. The topological polar surface area (TPSA) is 58.4 Å². The molecule has 3 rings (SSSR count). The first-order valence-corrected chi connectivity index (χ1v) is 8.33. The van der Waals surface area contributed by atoms with Crippen LogP contribution in [0.3, 0.4) is 0 Å². The highest BCUT2D eigenvalue weighted by Crippen LogP contribution is 2.28. The minimum Gasteiger partial charge on any atom is -0.423 e. The third kappa shape index (κ3) is 3.78. The van der Waals surface area contributed by atoms with Gasteiger partial charge in [0, 0.05) is 29.7 Å². The molecule has 5 nitrogen and oxygen atoms in total. The molecule has 124 valence electrons. The van der Waals surface area contributed by atoms with Crippen molar-refractivity contribution in [3.8, 4) is 0 Å². The lowest BCUT2D eigenvalue weighted by atomic mass is 9.96. The highest BCUT2D eigenvalue weighted by atomic mass is 35.5. The zero-order valence-electron chi connectivity index (χ0n) is 13.7. The lowest BCUT2D eigenvalue weighted by molar-refractivity contribution is -0.126. The number of fused-ring (bicyclic) bond motifs is 1. The van der Waals surface area contributed by atoms with Crippen LogP contribution in [-0.4, -0.2) is 29.5 Å². The summed E-state index contributed by atoms with van der Waals surface area (Å²) in [5.41, 5.74) is 1.24. The summed E-state index contributed by atoms with van der Waals surface area (Å²) in [6.07, 6.45) is 1.84. The molecule has 1 aromatic heterocycles. The summed E-state index contributed by atoms with van der Waals surface area (Å²) in [7, 11) is 0. The number of oxazole rings is 1. The first-order chi connectivity index (χ1) is 10.8. The van der Waals surface area contributed by atoms with Crippen LogP contribution in [0.2, 0.25) is 5.02 Å². The first-order valence-electron chi connectivity index (χ1n) is 7.95. The summed E-state index contributed by atoms with van der Waals surface area (Å²) < 4.78 is 5.82. The van der Waals surface area contributed by atoms with E-state index in [1.165, 1.54) is 0 Å². The van der Waals surface area contributed by atoms with E-state index >= 15 is 0 Å². The Morgan fingerprint density at radius 3 is 2.96 bits per heavy atom. The summed E-state index contributed by atoms with van der Waals surface area (Å²) >= 11 is 5.99. The zero-order valence-corrected chi connectivity index (χ0v) is 14.5. The number of halogens is 1. The number of rotatable bonds is 2. The molecular formula is C17H22ClN3O2. The second-order valence-electron chi connectivity index (χ2n) is 7.13. The molecule has 1 fully saturated rings. The lowest BCUT2D eigenvalue weighted by Crippen LogP contribution is -2.48. The van der Waals surface area contributed by atoms with E-state index in [2.05, 4.69) is 10.3 Å². The lowest BCUT2D eigenvalue weighted by Gasteiger charge is -2.32. The molecule has 1 amide bonds. The highest BCUT2D eigenvalue weighted by molar-refractivity contribution is 6.31. The van der Waals surface area contributed by atoms with Crippen LogP contribution in [0.25, 0.3) is 11.1 Å². The van der Waals surface area contributed by atoms with E-state index in [9.17, 15) is 4.79 Å². The van der Waals surface area contributed by atoms with E-state index in [0.29, 0.717) is 23.2 Å². The Labute approximate surface area is 141 Å². The van der Waals surface area contributed by atoms with Gasteiger partial charge < -0.3 is 14.6 Å². The highest BCUT2D eigenvalue weighted by Gasteiger charge is 2.30. The molecule has 1 saturated heterocycles. The van der Waals surface area contributed by atoms with Crippen molar-refractivity contribution in [2.45, 2.75) is 39.2 Å². The first kappa shape index (κ1) is 16.1. The molecule has 1 N–H and O–H groups in total. The Balaban J connectivity index is 1.75. The maximum Gasteiger partial charge on any atom is 0.298 e. The molecule has 1 aliphatic rings. The standard InChI is InChI=1S/C17H22ClN3O2/c1-17(2,3)20-15(22)11-5-4-8-21(10-11)16-19-13-7-6-12(18)9-14(13)23-16/h6-7,9,11H,4-5,8,10H2,1-3H3,(H,20,22). The quantitative estimate of drug-likeness (QED) is 0.910. The molecule has 6 heteroatoms. The summed E-state index contributed by atoms with van der Waals surface area (Å²) in [6.45, 7) is 7.46. The van der Waals surface area contributed by atoms with Crippen molar-refractivity contribution in [3.63, 3.8) is 0 Å². The number of hydrogen-bond acceptors (Lipinski definition) is 4. The van der Waals surface area contributed by atoms with Crippen molar-refractivity contribution < 1.29 is 9.21 Å². The fourth-order valence-electron chi connectivity index (χ4n) is 2.86. The van der Waals surface area contributed by atoms with Crippen molar-refractivity contribution in [2.24, 2.45) is 5.92 Å². The van der Waals surface area contributed by atoms with Crippen LogP contribution in [0.4, 0.5) is 6.01 Å². The van der Waals surface area contributed by atoms with Gasteiger partial charge in [-0.2, -0.15) is 4.98 Å². The van der Waals surface area contributed by atoms with Gasteiger partial charge in [-0.1, -0.05) is 11.6 Å². The van der Waals surface area contributed by atoms with E-state index in [1.54, 1.807) is 12.1 Å². The van der Waals surface area contributed by atoms with Gasteiger partial charge in [0.25, 0.3) is 6.01 Å². The van der Waals surface area contributed by atoms with E-state index in [1.807, 2.05) is 31.7 Å². The molecule has 1 unspecified atom stereocenters. The minimum absolute atomic E-state index is 0.0402. The number of benzene rings is 1. The van der Waals surface area contributed by atoms with E-state index in [4.69, 9.17) is 16.0 Å². The maximum absolute atomic E-state index is 12.4. The predicted molar refractivity (Wildman–Crippen MR) is 91.9 cm³/mol. The van der Waals surface area contributed by atoms with E-state index in [-0.39, 0.29) is 17.4 Å². The van der Waals surface area contributed by atoms with Gasteiger partial charge in [0.2, 0.25) is 5.91 Å². The second kappa shape index (κ2) is 6.04. The number of hydrogen-bond donors (Lipinski definition) is 1. The van der Waals surface area contributed by atoms with Gasteiger partial charge in [-0.3, -0.25) is 4.79 Å². The third-order valence-corrected chi connectivity index (χ3v) is 4.14. The molecule has 0 spiro atoms. The van der Waals surface area contributed by atoms with Gasteiger partial charge in [0.15, 0.2) is 5.58 Å². The van der Waals surface area contributed by atoms with Gasteiger partial charge in [-0.25, -0.2) is 0 Å². The van der Waals surface area contributed by atoms with Crippen molar-refractivity contribution in [3.05, 3.63) is 23.2 Å². The van der Waals surface area contributed by atoms with Crippen LogP contribution < -0.4 is 10.2 Å². The van der Waals surface area contributed by atoms with Crippen molar-refractivity contribution in [2.75, 3.05) is 18.0 Å². The van der Waals surface area contributed by atoms with Gasteiger partial charge >= 0.3 is 0 Å². The molecule has 0 radical (unpaired) electrons.